The van der Waals surface area contributed by atoms with Gasteiger partial charge in [-0.2, -0.15) is 0 Å². The number of ether oxygens (including phenoxy) is 1. The Hall–Kier alpha value is -3.84. The number of halogens is 1. The lowest BCUT2D eigenvalue weighted by atomic mass is 10.1. The molecule has 2 amide bonds. The van der Waals surface area contributed by atoms with E-state index in [1.54, 1.807) is 36.4 Å². The highest BCUT2D eigenvalue weighted by Crippen LogP contribution is 2.27. The fourth-order valence-corrected chi connectivity index (χ4v) is 3.26. The van der Waals surface area contributed by atoms with Crippen LogP contribution in [0.3, 0.4) is 0 Å². The van der Waals surface area contributed by atoms with Gasteiger partial charge in [-0.1, -0.05) is 41.9 Å². The molecule has 0 aliphatic carbocycles. The second-order valence-electron chi connectivity index (χ2n) is 6.93. The van der Waals surface area contributed by atoms with Crippen molar-refractivity contribution in [3.05, 3.63) is 87.6 Å². The lowest BCUT2D eigenvalue weighted by Gasteiger charge is -2.07. The Kier molecular flexibility index (Phi) is 7.12. The number of benzene rings is 2. The van der Waals surface area contributed by atoms with Gasteiger partial charge in [0.1, 0.15) is 23.7 Å². The van der Waals surface area contributed by atoms with E-state index in [1.807, 2.05) is 18.2 Å². The number of nitrogens with one attached hydrogen (secondary N) is 1. The molecule has 3 rings (SSSR count). The summed E-state index contributed by atoms with van der Waals surface area (Å²) in [5.74, 6) is -1.08. The highest BCUT2D eigenvalue weighted by molar-refractivity contribution is 6.31. The molecule has 3 aromatic rings. The third-order valence-corrected chi connectivity index (χ3v) is 4.95. The van der Waals surface area contributed by atoms with Crippen LogP contribution in [0.5, 0.6) is 5.75 Å². The van der Waals surface area contributed by atoms with Crippen LogP contribution in [-0.2, 0) is 11.4 Å². The molecular weight excluding hydrogens is 432 g/mol. The number of nitrogens with two attached hydrogens (primary N) is 1. The van der Waals surface area contributed by atoms with Crippen LogP contribution in [0.1, 0.15) is 44.5 Å². The molecule has 0 saturated heterocycles. The van der Waals surface area contributed by atoms with Crippen molar-refractivity contribution in [2.45, 2.75) is 20.5 Å². The van der Waals surface area contributed by atoms with Crippen molar-refractivity contribution < 1.29 is 23.5 Å². The number of hydrogen-bond acceptors (Lipinski definition) is 5. The Balaban J connectivity index is 1.64. The molecule has 0 atom stereocenters. The van der Waals surface area contributed by atoms with Crippen molar-refractivity contribution in [3.63, 3.8) is 0 Å². The maximum absolute atomic E-state index is 12.3. The van der Waals surface area contributed by atoms with E-state index in [1.165, 1.54) is 19.9 Å². The molecule has 0 radical (unpaired) electrons. The first-order valence-corrected chi connectivity index (χ1v) is 10.0. The standard InChI is InChI=1S/C24H21ClN2O5/c1-14(28)21-15(2)32-24(22(21)23(26)30)27-20(29)12-9-16-7-10-18(11-8-16)31-13-17-5-3-4-6-19(17)25/h3-12H,13H2,1-2H3,(H2,26,30)(H,27,29)/b12-9+. The molecule has 0 aliphatic rings. The zero-order chi connectivity index (χ0) is 23.3. The number of aryl methyl sites for hydroxylation is 1. The van der Waals surface area contributed by atoms with E-state index in [4.69, 9.17) is 26.5 Å². The Morgan fingerprint density at radius 1 is 1.09 bits per heavy atom. The number of anilines is 1. The molecule has 0 aliphatic heterocycles. The average Bonchev–Trinajstić information content (AvgIpc) is 3.08. The smallest absolute Gasteiger partial charge is 0.255 e. The summed E-state index contributed by atoms with van der Waals surface area (Å²) in [6.45, 7) is 3.14. The Labute approximate surface area is 189 Å². The molecular formula is C24H21ClN2O5. The largest absolute Gasteiger partial charge is 0.489 e. The molecule has 0 unspecified atom stereocenters. The van der Waals surface area contributed by atoms with E-state index < -0.39 is 11.8 Å². The molecule has 8 heteroatoms. The molecule has 0 saturated carbocycles. The summed E-state index contributed by atoms with van der Waals surface area (Å²) in [6, 6.07) is 14.5. The van der Waals surface area contributed by atoms with E-state index in [0.29, 0.717) is 17.4 Å². The lowest BCUT2D eigenvalue weighted by molar-refractivity contribution is -0.111. The summed E-state index contributed by atoms with van der Waals surface area (Å²) >= 11 is 6.12. The number of carbonyl (C=O) groups is 3. The van der Waals surface area contributed by atoms with Crippen LogP contribution in [-0.4, -0.2) is 17.6 Å². The second kappa shape index (κ2) is 9.98. The van der Waals surface area contributed by atoms with E-state index in [0.717, 1.165) is 11.1 Å². The van der Waals surface area contributed by atoms with Crippen LogP contribution in [0.25, 0.3) is 6.08 Å². The Morgan fingerprint density at radius 2 is 1.78 bits per heavy atom. The molecule has 3 N–H and O–H groups in total. The first-order valence-electron chi connectivity index (χ1n) is 9.65. The van der Waals surface area contributed by atoms with Gasteiger partial charge in [0.05, 0.1) is 5.56 Å². The monoisotopic (exact) mass is 452 g/mol. The van der Waals surface area contributed by atoms with Crippen molar-refractivity contribution in [1.29, 1.82) is 0 Å². The highest BCUT2D eigenvalue weighted by Gasteiger charge is 2.25. The summed E-state index contributed by atoms with van der Waals surface area (Å²) in [7, 11) is 0. The van der Waals surface area contributed by atoms with E-state index in [-0.39, 0.29) is 28.6 Å². The normalized spacial score (nSPS) is 10.8. The second-order valence-corrected chi connectivity index (χ2v) is 7.34. The van der Waals surface area contributed by atoms with Crippen LogP contribution in [0.4, 0.5) is 5.88 Å². The maximum Gasteiger partial charge on any atom is 0.255 e. The van der Waals surface area contributed by atoms with Crippen LogP contribution in [0.15, 0.2) is 59.0 Å². The number of hydrogen-bond donors (Lipinski definition) is 2. The summed E-state index contributed by atoms with van der Waals surface area (Å²) < 4.78 is 11.1. The molecule has 0 bridgehead atoms. The third kappa shape index (κ3) is 5.44. The van der Waals surface area contributed by atoms with Crippen LogP contribution in [0, 0.1) is 6.92 Å². The van der Waals surface area contributed by atoms with E-state index in [2.05, 4.69) is 5.32 Å². The molecule has 164 valence electrons. The van der Waals surface area contributed by atoms with Crippen molar-refractivity contribution in [2.75, 3.05) is 5.32 Å². The average molecular weight is 453 g/mol. The summed E-state index contributed by atoms with van der Waals surface area (Å²) in [4.78, 5) is 35.8. The van der Waals surface area contributed by atoms with Gasteiger partial charge in [-0.15, -0.1) is 0 Å². The third-order valence-electron chi connectivity index (χ3n) is 4.58. The van der Waals surface area contributed by atoms with Gasteiger partial charge in [-0.3, -0.25) is 19.7 Å². The molecule has 7 nitrogen and oxygen atoms in total. The fourth-order valence-electron chi connectivity index (χ4n) is 3.07. The number of rotatable bonds is 8. The Morgan fingerprint density at radius 3 is 2.41 bits per heavy atom. The topological polar surface area (TPSA) is 112 Å². The quantitative estimate of drug-likeness (QED) is 0.377. The molecule has 1 heterocycles. The Bertz CT molecular complexity index is 1200. The molecule has 0 spiro atoms. The number of ketones is 1. The fraction of sp³-hybridized carbons (Fsp3) is 0.125. The minimum absolute atomic E-state index is 0.0594. The van der Waals surface area contributed by atoms with E-state index >= 15 is 0 Å². The number of primary amides is 1. The van der Waals surface area contributed by atoms with Gasteiger partial charge in [0, 0.05) is 16.7 Å². The predicted molar refractivity (Wildman–Crippen MR) is 122 cm³/mol. The number of Topliss-reactive ketones (excluding diaryl/α,β-unsaturated/α-hetero) is 1. The summed E-state index contributed by atoms with van der Waals surface area (Å²) in [5.41, 5.74) is 6.90. The molecule has 1 aromatic heterocycles. The van der Waals surface area contributed by atoms with Gasteiger partial charge in [-0.05, 0) is 43.7 Å². The number of furan rings is 1. The SMILES string of the molecule is CC(=O)c1c(C)oc(NC(=O)/C=C/c2ccc(OCc3ccccc3Cl)cc2)c1C(N)=O. The minimum Gasteiger partial charge on any atom is -0.489 e. The van der Waals surface area contributed by atoms with Gasteiger partial charge < -0.3 is 14.9 Å². The molecule has 2 aromatic carbocycles. The van der Waals surface area contributed by atoms with Gasteiger partial charge in [0.2, 0.25) is 5.88 Å². The van der Waals surface area contributed by atoms with Crippen LogP contribution >= 0.6 is 11.6 Å². The zero-order valence-corrected chi connectivity index (χ0v) is 18.2. The van der Waals surface area contributed by atoms with E-state index in [9.17, 15) is 14.4 Å². The molecule has 32 heavy (non-hydrogen) atoms. The maximum atomic E-state index is 12.3. The van der Waals surface area contributed by atoms with Gasteiger partial charge in [-0.25, -0.2) is 0 Å². The zero-order valence-electron chi connectivity index (χ0n) is 17.5. The predicted octanol–water partition coefficient (Wildman–Crippen LogP) is 4.77. The van der Waals surface area contributed by atoms with Crippen molar-refractivity contribution in [3.8, 4) is 5.75 Å². The lowest BCUT2D eigenvalue weighted by Crippen LogP contribution is -2.18. The number of amides is 2. The van der Waals surface area contributed by atoms with Crippen molar-refractivity contribution in [2.24, 2.45) is 5.73 Å². The first kappa shape index (κ1) is 22.8. The van der Waals surface area contributed by atoms with Crippen molar-refractivity contribution >= 4 is 41.2 Å². The van der Waals surface area contributed by atoms with Gasteiger partial charge in [0.15, 0.2) is 5.78 Å². The van der Waals surface area contributed by atoms with Crippen molar-refractivity contribution in [1.82, 2.24) is 0 Å². The van der Waals surface area contributed by atoms with Crippen LogP contribution < -0.4 is 15.8 Å². The first-order chi connectivity index (χ1) is 15.3. The minimum atomic E-state index is -0.862. The number of carbonyl (C=O) groups excluding carboxylic acids is 3. The molecule has 0 fully saturated rings. The van der Waals surface area contributed by atoms with Crippen LogP contribution in [0.2, 0.25) is 5.02 Å². The summed E-state index contributed by atoms with van der Waals surface area (Å²) in [6.07, 6.45) is 2.86. The summed E-state index contributed by atoms with van der Waals surface area (Å²) in [5, 5.41) is 3.09. The van der Waals surface area contributed by atoms with Gasteiger partial charge in [0.25, 0.3) is 11.8 Å². The highest BCUT2D eigenvalue weighted by atomic mass is 35.5. The van der Waals surface area contributed by atoms with Gasteiger partial charge >= 0.3 is 0 Å².